The number of allylic oxidation sites excluding steroid dienone is 1. The molecule has 35 heavy (non-hydrogen) atoms. The molecule has 1 aromatic rings. The maximum atomic E-state index is 13.7. The van der Waals surface area contributed by atoms with Crippen LogP contribution in [0.4, 0.5) is 5.69 Å². The third-order valence-corrected chi connectivity index (χ3v) is 5.61. The lowest BCUT2D eigenvalue weighted by atomic mass is 9.74. The fourth-order valence-electron chi connectivity index (χ4n) is 4.10. The molecule has 0 saturated heterocycles. The van der Waals surface area contributed by atoms with E-state index in [9.17, 15) is 24.5 Å². The molecule has 0 aromatic heterocycles. The van der Waals surface area contributed by atoms with Crippen molar-refractivity contribution in [1.29, 1.82) is 0 Å². The Kier molecular flexibility index (Phi) is 8.54. The van der Waals surface area contributed by atoms with E-state index in [4.69, 9.17) is 9.47 Å². The molecule has 2 rings (SSSR count). The van der Waals surface area contributed by atoms with Crippen molar-refractivity contribution in [2.75, 3.05) is 7.11 Å². The first-order valence-corrected chi connectivity index (χ1v) is 11.3. The number of nitrogens with zero attached hydrogens (tertiary/aromatic N) is 2. The van der Waals surface area contributed by atoms with Gasteiger partial charge in [0.2, 0.25) is 5.91 Å². The van der Waals surface area contributed by atoms with Gasteiger partial charge in [0.05, 0.1) is 12.0 Å². The van der Waals surface area contributed by atoms with Crippen molar-refractivity contribution in [2.45, 2.75) is 66.0 Å². The summed E-state index contributed by atoms with van der Waals surface area (Å²) in [7, 11) is 1.20. The van der Waals surface area contributed by atoms with E-state index in [0.717, 1.165) is 0 Å². The molecule has 0 fully saturated rings. The molecule has 190 valence electrons. The van der Waals surface area contributed by atoms with Gasteiger partial charge >= 0.3 is 11.9 Å². The van der Waals surface area contributed by atoms with Gasteiger partial charge in [0.15, 0.2) is 0 Å². The van der Waals surface area contributed by atoms with Gasteiger partial charge in [-0.2, -0.15) is 0 Å². The second-order valence-electron chi connectivity index (χ2n) is 9.78. The number of esters is 2. The van der Waals surface area contributed by atoms with Crippen molar-refractivity contribution in [1.82, 2.24) is 5.32 Å². The number of methoxy groups -OCH3 is 1. The first-order valence-electron chi connectivity index (χ1n) is 11.3. The Morgan fingerprint density at radius 3 is 2.26 bits per heavy atom. The predicted molar refractivity (Wildman–Crippen MR) is 130 cm³/mol. The van der Waals surface area contributed by atoms with Crippen molar-refractivity contribution in [2.24, 2.45) is 16.8 Å². The Balaban J connectivity index is 2.65. The van der Waals surface area contributed by atoms with Gasteiger partial charge in [-0.25, -0.2) is 4.79 Å². The predicted octanol–water partition coefficient (Wildman–Crippen LogP) is 3.70. The van der Waals surface area contributed by atoms with E-state index in [1.54, 1.807) is 54.5 Å². The SMILES string of the molecule is COC(=O)C1C(C)=NC(C)=C(C(=O)NC(C(=O)OC(C)(C)C)C(C)C)C1c1ccccc1[N+](=O)[O-]. The number of hydrogen-bond acceptors (Lipinski definition) is 8. The van der Waals surface area contributed by atoms with Crippen LogP contribution >= 0.6 is 0 Å². The van der Waals surface area contributed by atoms with E-state index in [-0.39, 0.29) is 28.4 Å². The molecule has 3 atom stereocenters. The lowest BCUT2D eigenvalue weighted by Gasteiger charge is -2.33. The fourth-order valence-corrected chi connectivity index (χ4v) is 4.10. The molecule has 10 heteroatoms. The number of ether oxygens (including phenoxy) is 2. The zero-order valence-corrected chi connectivity index (χ0v) is 21.4. The summed E-state index contributed by atoms with van der Waals surface area (Å²) in [4.78, 5) is 54.9. The number of rotatable bonds is 7. The minimum Gasteiger partial charge on any atom is -0.468 e. The largest absolute Gasteiger partial charge is 0.468 e. The van der Waals surface area contributed by atoms with Gasteiger partial charge in [-0.1, -0.05) is 32.0 Å². The summed E-state index contributed by atoms with van der Waals surface area (Å²) in [6.07, 6.45) is 0. The third kappa shape index (κ3) is 6.32. The lowest BCUT2D eigenvalue weighted by molar-refractivity contribution is -0.385. The maximum Gasteiger partial charge on any atom is 0.329 e. The zero-order valence-electron chi connectivity index (χ0n) is 21.4. The van der Waals surface area contributed by atoms with Gasteiger partial charge in [-0.3, -0.25) is 24.7 Å². The van der Waals surface area contributed by atoms with Crippen LogP contribution in [0.3, 0.4) is 0 Å². The van der Waals surface area contributed by atoms with Crippen molar-refractivity contribution in [3.63, 3.8) is 0 Å². The lowest BCUT2D eigenvalue weighted by Crippen LogP contribution is -2.49. The van der Waals surface area contributed by atoms with E-state index < -0.39 is 46.2 Å². The monoisotopic (exact) mass is 487 g/mol. The van der Waals surface area contributed by atoms with Crippen LogP contribution in [0, 0.1) is 22.0 Å². The molecule has 0 radical (unpaired) electrons. The molecule has 0 spiro atoms. The molecular weight excluding hydrogens is 454 g/mol. The van der Waals surface area contributed by atoms with Gasteiger partial charge < -0.3 is 14.8 Å². The van der Waals surface area contributed by atoms with Crippen LogP contribution in [0.1, 0.15) is 59.9 Å². The van der Waals surface area contributed by atoms with E-state index in [2.05, 4.69) is 10.3 Å². The number of amides is 1. The van der Waals surface area contributed by atoms with Gasteiger partial charge in [0.1, 0.15) is 17.6 Å². The van der Waals surface area contributed by atoms with Gasteiger partial charge in [-0.05, 0) is 40.5 Å². The Labute approximate surface area is 204 Å². The van der Waals surface area contributed by atoms with Crippen LogP contribution in [0.5, 0.6) is 0 Å². The smallest absolute Gasteiger partial charge is 0.329 e. The number of hydrogen-bond donors (Lipinski definition) is 1. The second-order valence-corrected chi connectivity index (χ2v) is 9.78. The summed E-state index contributed by atoms with van der Waals surface area (Å²) in [6.45, 7) is 11.9. The van der Waals surface area contributed by atoms with E-state index in [1.807, 2.05) is 0 Å². The van der Waals surface area contributed by atoms with Gasteiger partial charge in [0.25, 0.3) is 5.69 Å². The first-order chi connectivity index (χ1) is 16.2. The van der Waals surface area contributed by atoms with Crippen molar-refractivity contribution in [3.8, 4) is 0 Å². The van der Waals surface area contributed by atoms with Gasteiger partial charge in [-0.15, -0.1) is 0 Å². The highest BCUT2D eigenvalue weighted by Crippen LogP contribution is 2.42. The van der Waals surface area contributed by atoms with Crippen LogP contribution in [-0.4, -0.2) is 47.2 Å². The number of nitro benzene ring substituents is 1. The van der Waals surface area contributed by atoms with Crippen LogP contribution in [0.25, 0.3) is 0 Å². The van der Waals surface area contributed by atoms with Crippen LogP contribution in [0.15, 0.2) is 40.5 Å². The highest BCUT2D eigenvalue weighted by atomic mass is 16.6. The van der Waals surface area contributed by atoms with E-state index in [0.29, 0.717) is 5.71 Å². The summed E-state index contributed by atoms with van der Waals surface area (Å²) in [6, 6.07) is 4.93. The Hall–Kier alpha value is -3.56. The minimum absolute atomic E-state index is 0.0505. The number of nitrogens with one attached hydrogen (secondary N) is 1. The summed E-state index contributed by atoms with van der Waals surface area (Å²) < 4.78 is 10.4. The highest BCUT2D eigenvalue weighted by molar-refractivity contribution is 6.08. The molecule has 1 aromatic carbocycles. The van der Waals surface area contributed by atoms with Crippen LogP contribution < -0.4 is 5.32 Å². The highest BCUT2D eigenvalue weighted by Gasteiger charge is 2.45. The molecular formula is C25H33N3O7. The molecule has 3 unspecified atom stereocenters. The standard InChI is InChI=1S/C25H33N3O7/c1-13(2)21(24(31)35-25(5,6)7)27-22(29)18-14(3)26-15(4)19(23(30)34-8)20(18)16-11-9-10-12-17(16)28(32)33/h9-13,19-21H,1-8H3,(H,27,29). The number of nitro groups is 1. The average molecular weight is 488 g/mol. The topological polar surface area (TPSA) is 137 Å². The van der Waals surface area contributed by atoms with Crippen molar-refractivity contribution < 1.29 is 28.8 Å². The average Bonchev–Trinajstić information content (AvgIpc) is 2.74. The van der Waals surface area contributed by atoms with E-state index in [1.165, 1.54) is 25.3 Å². The summed E-state index contributed by atoms with van der Waals surface area (Å²) >= 11 is 0. The first kappa shape index (κ1) is 27.7. The Morgan fingerprint density at radius 2 is 1.74 bits per heavy atom. The quantitative estimate of drug-likeness (QED) is 0.352. The molecule has 1 aliphatic rings. The van der Waals surface area contributed by atoms with Crippen LogP contribution in [0.2, 0.25) is 0 Å². The number of carbonyl (C=O) groups excluding carboxylic acids is 3. The molecule has 1 heterocycles. The Morgan fingerprint density at radius 1 is 1.14 bits per heavy atom. The van der Waals surface area contributed by atoms with Gasteiger partial charge in [0, 0.05) is 34.5 Å². The number of aliphatic imine (C=N–C) groups is 1. The second kappa shape index (κ2) is 10.8. The number of carbonyl (C=O) groups is 3. The number of benzene rings is 1. The maximum absolute atomic E-state index is 13.7. The fraction of sp³-hybridized carbons (Fsp3) is 0.520. The molecule has 1 N–H and O–H groups in total. The summed E-state index contributed by atoms with van der Waals surface area (Å²) in [5.41, 5.74) is -0.137. The number of para-hydroxylation sites is 1. The molecule has 0 saturated carbocycles. The minimum atomic E-state index is -1.07. The molecule has 10 nitrogen and oxygen atoms in total. The molecule has 1 amide bonds. The molecule has 0 bridgehead atoms. The third-order valence-electron chi connectivity index (χ3n) is 5.61. The normalized spacial score (nSPS) is 19.1. The summed E-state index contributed by atoms with van der Waals surface area (Å²) in [5.74, 6) is -4.39. The van der Waals surface area contributed by atoms with E-state index >= 15 is 0 Å². The molecule has 1 aliphatic heterocycles. The Bertz CT molecular complexity index is 1080. The van der Waals surface area contributed by atoms with Crippen molar-refractivity contribution in [3.05, 3.63) is 51.2 Å². The van der Waals surface area contributed by atoms with Crippen molar-refractivity contribution >= 4 is 29.2 Å². The summed E-state index contributed by atoms with van der Waals surface area (Å²) in [5, 5.41) is 14.5. The molecule has 0 aliphatic carbocycles. The zero-order chi connectivity index (χ0) is 26.7. The van der Waals surface area contributed by atoms with Crippen LogP contribution in [-0.2, 0) is 23.9 Å².